The van der Waals surface area contributed by atoms with Crippen LogP contribution in [0.2, 0.25) is 0 Å². The Morgan fingerprint density at radius 3 is 2.62 bits per heavy atom. The molecule has 0 fully saturated rings. The number of rotatable bonds is 4. The van der Waals surface area contributed by atoms with E-state index < -0.39 is 0 Å². The number of tetrazole rings is 1. The number of benzene rings is 1. The van der Waals surface area contributed by atoms with E-state index in [1.807, 2.05) is 49.4 Å². The smallest absolute Gasteiger partial charge is 0.205 e. The van der Waals surface area contributed by atoms with Gasteiger partial charge in [-0.1, -0.05) is 37.3 Å². The third-order valence-electron chi connectivity index (χ3n) is 3.27. The summed E-state index contributed by atoms with van der Waals surface area (Å²) >= 11 is 0. The lowest BCUT2D eigenvalue weighted by Crippen LogP contribution is -2.11. The minimum Gasteiger partial charge on any atom is -0.323 e. The average molecular weight is 280 g/mol. The highest BCUT2D eigenvalue weighted by molar-refractivity contribution is 5.53. The van der Waals surface area contributed by atoms with E-state index in [2.05, 4.69) is 20.4 Å². The fraction of sp³-hybridized carbons (Fsp3) is 0.200. The van der Waals surface area contributed by atoms with Crippen LogP contribution in [0.15, 0.2) is 48.7 Å². The van der Waals surface area contributed by atoms with Gasteiger partial charge in [-0.15, -0.1) is 15.0 Å². The number of nitrogens with two attached hydrogens (primary N) is 1. The van der Waals surface area contributed by atoms with Crippen molar-refractivity contribution in [2.75, 3.05) is 0 Å². The van der Waals surface area contributed by atoms with E-state index in [-0.39, 0.29) is 6.04 Å². The van der Waals surface area contributed by atoms with Gasteiger partial charge in [-0.05, 0) is 23.8 Å². The summed E-state index contributed by atoms with van der Waals surface area (Å²) in [4.78, 5) is 5.82. The van der Waals surface area contributed by atoms with E-state index >= 15 is 0 Å². The topological polar surface area (TPSA) is 82.5 Å². The van der Waals surface area contributed by atoms with Crippen LogP contribution < -0.4 is 5.73 Å². The van der Waals surface area contributed by atoms with Crippen molar-refractivity contribution in [1.29, 1.82) is 0 Å². The summed E-state index contributed by atoms with van der Waals surface area (Å²) in [6, 6.07) is 13.5. The average Bonchev–Trinajstić information content (AvgIpc) is 3.05. The van der Waals surface area contributed by atoms with Crippen LogP contribution in [-0.4, -0.2) is 25.2 Å². The van der Waals surface area contributed by atoms with Crippen LogP contribution in [0.4, 0.5) is 0 Å². The number of hydrogen-bond donors (Lipinski definition) is 1. The SMILES string of the molecule is CCC(N)c1ccc(-n2nnc(-c3ccccc3)n2)cn1. The summed E-state index contributed by atoms with van der Waals surface area (Å²) in [5.74, 6) is 0.588. The molecule has 0 spiro atoms. The van der Waals surface area contributed by atoms with Crippen molar-refractivity contribution < 1.29 is 0 Å². The number of hydrogen-bond acceptors (Lipinski definition) is 5. The van der Waals surface area contributed by atoms with Crippen LogP contribution in [0.25, 0.3) is 17.1 Å². The van der Waals surface area contributed by atoms with E-state index in [4.69, 9.17) is 5.73 Å². The summed E-state index contributed by atoms with van der Waals surface area (Å²) in [6.45, 7) is 2.03. The second-order valence-electron chi connectivity index (χ2n) is 4.72. The molecular formula is C15H16N6. The van der Waals surface area contributed by atoms with E-state index in [0.29, 0.717) is 5.82 Å². The lowest BCUT2D eigenvalue weighted by Gasteiger charge is -2.07. The van der Waals surface area contributed by atoms with Crippen molar-refractivity contribution in [3.8, 4) is 17.1 Å². The molecule has 2 N–H and O–H groups in total. The molecule has 0 saturated heterocycles. The first-order valence-electron chi connectivity index (χ1n) is 6.85. The fourth-order valence-electron chi connectivity index (χ4n) is 1.97. The van der Waals surface area contributed by atoms with Gasteiger partial charge in [-0.3, -0.25) is 4.98 Å². The monoisotopic (exact) mass is 280 g/mol. The van der Waals surface area contributed by atoms with E-state index in [1.165, 1.54) is 4.80 Å². The number of nitrogens with zero attached hydrogens (tertiary/aromatic N) is 5. The summed E-state index contributed by atoms with van der Waals surface area (Å²) in [5.41, 5.74) is 8.51. The molecule has 0 aliphatic carbocycles. The molecule has 0 aliphatic rings. The van der Waals surface area contributed by atoms with Gasteiger partial charge in [0.15, 0.2) is 0 Å². The maximum atomic E-state index is 5.95. The van der Waals surface area contributed by atoms with Crippen molar-refractivity contribution >= 4 is 0 Å². The van der Waals surface area contributed by atoms with Crippen LogP contribution >= 0.6 is 0 Å². The Labute approximate surface area is 122 Å². The molecule has 21 heavy (non-hydrogen) atoms. The summed E-state index contributed by atoms with van der Waals surface area (Å²) < 4.78 is 0. The van der Waals surface area contributed by atoms with Crippen molar-refractivity contribution in [3.63, 3.8) is 0 Å². The third-order valence-corrected chi connectivity index (χ3v) is 3.27. The van der Waals surface area contributed by atoms with Gasteiger partial charge < -0.3 is 5.73 Å². The molecule has 0 saturated carbocycles. The molecule has 3 aromatic rings. The fourth-order valence-corrected chi connectivity index (χ4v) is 1.97. The summed E-state index contributed by atoms with van der Waals surface area (Å²) in [7, 11) is 0. The predicted molar refractivity (Wildman–Crippen MR) is 79.6 cm³/mol. The van der Waals surface area contributed by atoms with Crippen LogP contribution in [-0.2, 0) is 0 Å². The molecule has 0 aliphatic heterocycles. The maximum absolute atomic E-state index is 5.95. The Hall–Kier alpha value is -2.60. The Bertz CT molecular complexity index is 705. The molecule has 0 radical (unpaired) electrons. The van der Waals surface area contributed by atoms with Crippen molar-refractivity contribution in [3.05, 3.63) is 54.4 Å². The second kappa shape index (κ2) is 5.80. The van der Waals surface area contributed by atoms with Gasteiger partial charge in [-0.2, -0.15) is 0 Å². The highest BCUT2D eigenvalue weighted by Gasteiger charge is 2.09. The number of pyridine rings is 1. The molecule has 6 heteroatoms. The normalized spacial score (nSPS) is 12.3. The van der Waals surface area contributed by atoms with Gasteiger partial charge in [0.1, 0.15) is 5.69 Å². The predicted octanol–water partition coefficient (Wildman–Crippen LogP) is 2.13. The summed E-state index contributed by atoms with van der Waals surface area (Å²) in [5, 5.41) is 12.5. The molecule has 1 aromatic carbocycles. The van der Waals surface area contributed by atoms with Crippen molar-refractivity contribution in [2.24, 2.45) is 5.73 Å². The molecule has 1 atom stereocenters. The third kappa shape index (κ3) is 2.80. The first kappa shape index (κ1) is 13.4. The van der Waals surface area contributed by atoms with Crippen LogP contribution in [0.1, 0.15) is 25.1 Å². The second-order valence-corrected chi connectivity index (χ2v) is 4.72. The van der Waals surface area contributed by atoms with Crippen LogP contribution in [0.3, 0.4) is 0 Å². The molecular weight excluding hydrogens is 264 g/mol. The lowest BCUT2D eigenvalue weighted by atomic mass is 10.1. The zero-order valence-electron chi connectivity index (χ0n) is 11.7. The highest BCUT2D eigenvalue weighted by atomic mass is 15.6. The van der Waals surface area contributed by atoms with Crippen LogP contribution in [0, 0.1) is 0 Å². The van der Waals surface area contributed by atoms with E-state index in [1.54, 1.807) is 6.20 Å². The lowest BCUT2D eigenvalue weighted by molar-refractivity contribution is 0.669. The first-order valence-corrected chi connectivity index (χ1v) is 6.85. The zero-order chi connectivity index (χ0) is 14.7. The zero-order valence-corrected chi connectivity index (χ0v) is 11.7. The maximum Gasteiger partial charge on any atom is 0.205 e. The van der Waals surface area contributed by atoms with Crippen LogP contribution in [0.5, 0.6) is 0 Å². The molecule has 0 amide bonds. The van der Waals surface area contributed by atoms with Crippen molar-refractivity contribution in [1.82, 2.24) is 25.2 Å². The van der Waals surface area contributed by atoms with Gasteiger partial charge >= 0.3 is 0 Å². The molecule has 6 nitrogen and oxygen atoms in total. The van der Waals surface area contributed by atoms with Gasteiger partial charge in [0.05, 0.1) is 11.9 Å². The molecule has 3 rings (SSSR count). The standard InChI is InChI=1S/C15H16N6/c1-2-13(16)14-9-8-12(10-17-14)21-19-15(18-20-21)11-6-4-3-5-7-11/h3-10,13H,2,16H2,1H3. The Kier molecular flexibility index (Phi) is 3.70. The van der Waals surface area contributed by atoms with Gasteiger partial charge in [-0.25, -0.2) is 0 Å². The molecule has 0 bridgehead atoms. The highest BCUT2D eigenvalue weighted by Crippen LogP contribution is 2.15. The largest absolute Gasteiger partial charge is 0.323 e. The number of aromatic nitrogens is 5. The minimum atomic E-state index is -0.0392. The first-order chi connectivity index (χ1) is 10.3. The molecule has 2 aromatic heterocycles. The Morgan fingerprint density at radius 2 is 1.95 bits per heavy atom. The van der Waals surface area contributed by atoms with E-state index in [0.717, 1.165) is 23.4 Å². The van der Waals surface area contributed by atoms with Gasteiger partial charge in [0, 0.05) is 11.6 Å². The van der Waals surface area contributed by atoms with Gasteiger partial charge in [0.2, 0.25) is 5.82 Å². The Balaban J connectivity index is 1.86. The molecule has 1 unspecified atom stereocenters. The molecule has 106 valence electrons. The van der Waals surface area contributed by atoms with Crippen molar-refractivity contribution in [2.45, 2.75) is 19.4 Å². The quantitative estimate of drug-likeness (QED) is 0.791. The minimum absolute atomic E-state index is 0.0392. The van der Waals surface area contributed by atoms with Gasteiger partial charge in [0.25, 0.3) is 0 Å². The Morgan fingerprint density at radius 1 is 1.14 bits per heavy atom. The summed E-state index contributed by atoms with van der Waals surface area (Å²) in [6.07, 6.45) is 2.56. The molecule has 2 heterocycles. The van der Waals surface area contributed by atoms with E-state index in [9.17, 15) is 0 Å².